The second-order valence-electron chi connectivity index (χ2n) is 8.80. The van der Waals surface area contributed by atoms with Gasteiger partial charge in [-0.05, 0) is 42.4 Å². The lowest BCUT2D eigenvalue weighted by molar-refractivity contribution is -0.156. The molecule has 4 rings (SSSR count). The monoisotopic (exact) mass is 480 g/mol. The molecule has 8 heteroatoms. The third kappa shape index (κ3) is 5.17. The fourth-order valence-electron chi connectivity index (χ4n) is 4.98. The molecule has 2 aromatic rings. The van der Waals surface area contributed by atoms with Crippen molar-refractivity contribution in [3.05, 3.63) is 71.3 Å². The molecule has 0 aromatic heterocycles. The van der Waals surface area contributed by atoms with E-state index in [4.69, 9.17) is 0 Å². The number of nitrogens with one attached hydrogen (secondary N) is 1. The molecular formula is C26H28N2O5S. The van der Waals surface area contributed by atoms with E-state index >= 15 is 0 Å². The summed E-state index contributed by atoms with van der Waals surface area (Å²) in [4.78, 5) is 52.4. The summed E-state index contributed by atoms with van der Waals surface area (Å²) in [6, 6.07) is 14.9. The lowest BCUT2D eigenvalue weighted by atomic mass is 9.89. The van der Waals surface area contributed by atoms with Crippen LogP contribution in [0.15, 0.2) is 54.6 Å². The average molecular weight is 481 g/mol. The molecule has 0 saturated carbocycles. The third-order valence-electron chi connectivity index (χ3n) is 6.48. The van der Waals surface area contributed by atoms with Crippen molar-refractivity contribution >= 4 is 34.7 Å². The Kier molecular flexibility index (Phi) is 7.36. The summed E-state index contributed by atoms with van der Waals surface area (Å²) < 4.78 is 0. The van der Waals surface area contributed by atoms with E-state index < -0.39 is 29.2 Å². The van der Waals surface area contributed by atoms with Crippen LogP contribution < -0.4 is 5.32 Å². The van der Waals surface area contributed by atoms with E-state index in [0.29, 0.717) is 25.7 Å². The second kappa shape index (κ2) is 10.4. The number of hydrogen-bond donors (Lipinski definition) is 2. The molecule has 2 heterocycles. The molecule has 2 aliphatic heterocycles. The Morgan fingerprint density at radius 2 is 1.79 bits per heavy atom. The van der Waals surface area contributed by atoms with Crippen molar-refractivity contribution in [1.82, 2.24) is 10.2 Å². The standard InChI is InChI=1S/C26H28N2O5S/c1-16(29)34-23(14-17-8-3-2-4-9-17)24(30)27-20-15-18-10-5-6-11-19(18)21-12-7-13-22(26(32)33)28(21)25(20)31/h2-6,8-11,20-23H,7,12-15H2,1H3,(H,27,30)(H,32,33)/t20-,21-,22-,23+/m1/s1. The van der Waals surface area contributed by atoms with Gasteiger partial charge >= 0.3 is 5.97 Å². The van der Waals surface area contributed by atoms with Crippen LogP contribution >= 0.6 is 11.8 Å². The van der Waals surface area contributed by atoms with E-state index in [0.717, 1.165) is 28.5 Å². The normalized spacial score (nSPS) is 22.7. The minimum Gasteiger partial charge on any atom is -0.480 e. The lowest BCUT2D eigenvalue weighted by Crippen LogP contribution is -2.56. The molecule has 2 N–H and O–H groups in total. The van der Waals surface area contributed by atoms with E-state index in [1.54, 1.807) is 0 Å². The molecule has 2 aromatic carbocycles. The Labute approximate surface area is 202 Å². The maximum atomic E-state index is 13.7. The zero-order valence-electron chi connectivity index (χ0n) is 19.0. The van der Waals surface area contributed by atoms with Gasteiger partial charge in [0, 0.05) is 13.3 Å². The van der Waals surface area contributed by atoms with E-state index in [9.17, 15) is 24.3 Å². The quantitative estimate of drug-likeness (QED) is 0.659. The summed E-state index contributed by atoms with van der Waals surface area (Å²) >= 11 is 0.941. The highest BCUT2D eigenvalue weighted by Gasteiger charge is 2.44. The number of carbonyl (C=O) groups is 4. The molecule has 0 radical (unpaired) electrons. The molecule has 2 aliphatic rings. The molecule has 0 spiro atoms. The van der Waals surface area contributed by atoms with Gasteiger partial charge in [0.2, 0.25) is 11.8 Å². The summed E-state index contributed by atoms with van der Waals surface area (Å²) in [5, 5.41) is 11.8. The number of fused-ring (bicyclic) bond motifs is 3. The van der Waals surface area contributed by atoms with Crippen LogP contribution in [0.1, 0.15) is 48.9 Å². The summed E-state index contributed by atoms with van der Waals surface area (Å²) in [5.74, 6) is -1.81. The van der Waals surface area contributed by atoms with E-state index in [1.807, 2.05) is 54.6 Å². The molecule has 1 fully saturated rings. The SMILES string of the molecule is CC(=O)S[C@@H](Cc1ccccc1)C(=O)N[C@@H]1Cc2ccccc2[C@H]2CCC[C@H](C(=O)O)N2C1=O. The molecule has 0 aliphatic carbocycles. The van der Waals surface area contributed by atoms with Crippen molar-refractivity contribution < 1.29 is 24.3 Å². The number of aliphatic carboxylic acids is 1. The number of benzene rings is 2. The Hall–Kier alpha value is -3.13. The van der Waals surface area contributed by atoms with Crippen LogP contribution in [-0.4, -0.2) is 50.2 Å². The van der Waals surface area contributed by atoms with Gasteiger partial charge in [0.05, 0.1) is 11.3 Å². The summed E-state index contributed by atoms with van der Waals surface area (Å²) in [5.41, 5.74) is 2.78. The molecule has 7 nitrogen and oxygen atoms in total. The Morgan fingerprint density at radius 3 is 2.50 bits per heavy atom. The van der Waals surface area contributed by atoms with Crippen molar-refractivity contribution in [2.45, 2.75) is 62.4 Å². The van der Waals surface area contributed by atoms with Gasteiger partial charge in [0.15, 0.2) is 5.12 Å². The lowest BCUT2D eigenvalue weighted by Gasteiger charge is -2.40. The van der Waals surface area contributed by atoms with Gasteiger partial charge in [-0.1, -0.05) is 66.4 Å². The number of hydrogen-bond acceptors (Lipinski definition) is 5. The predicted octanol–water partition coefficient (Wildman–Crippen LogP) is 3.13. The largest absolute Gasteiger partial charge is 0.480 e. The summed E-state index contributed by atoms with van der Waals surface area (Å²) in [6.07, 6.45) is 2.41. The molecule has 34 heavy (non-hydrogen) atoms. The minimum atomic E-state index is -1.03. The first-order chi connectivity index (χ1) is 16.3. The molecule has 2 amide bonds. The molecule has 0 bridgehead atoms. The molecule has 1 saturated heterocycles. The number of nitrogens with zero attached hydrogens (tertiary/aromatic N) is 1. The van der Waals surface area contributed by atoms with Gasteiger partial charge in [-0.15, -0.1) is 0 Å². The summed E-state index contributed by atoms with van der Waals surface area (Å²) in [7, 11) is 0. The van der Waals surface area contributed by atoms with Crippen LogP contribution in [0.3, 0.4) is 0 Å². The first-order valence-electron chi connectivity index (χ1n) is 11.5. The maximum absolute atomic E-state index is 13.7. The van der Waals surface area contributed by atoms with Crippen LogP contribution in [0.25, 0.3) is 0 Å². The van der Waals surface area contributed by atoms with Crippen LogP contribution in [0.2, 0.25) is 0 Å². The van der Waals surface area contributed by atoms with Gasteiger partial charge in [-0.2, -0.15) is 0 Å². The van der Waals surface area contributed by atoms with Gasteiger partial charge in [-0.25, -0.2) is 4.79 Å². The number of piperidine rings is 1. The first-order valence-corrected chi connectivity index (χ1v) is 12.4. The predicted molar refractivity (Wildman–Crippen MR) is 129 cm³/mol. The number of carboxylic acid groups (broad SMARTS) is 1. The third-order valence-corrected chi connectivity index (χ3v) is 7.48. The van der Waals surface area contributed by atoms with Gasteiger partial charge < -0.3 is 15.3 Å². The van der Waals surface area contributed by atoms with Gasteiger partial charge in [-0.3, -0.25) is 14.4 Å². The topological polar surface area (TPSA) is 104 Å². The smallest absolute Gasteiger partial charge is 0.326 e. The molecular weight excluding hydrogens is 452 g/mol. The van der Waals surface area contributed by atoms with Crippen molar-refractivity contribution in [2.75, 3.05) is 0 Å². The van der Waals surface area contributed by atoms with Crippen molar-refractivity contribution in [2.24, 2.45) is 0 Å². The van der Waals surface area contributed by atoms with Crippen molar-refractivity contribution in [3.63, 3.8) is 0 Å². The first kappa shape index (κ1) is 24.0. The highest BCUT2D eigenvalue weighted by Crippen LogP contribution is 2.39. The van der Waals surface area contributed by atoms with Crippen molar-refractivity contribution in [3.8, 4) is 0 Å². The number of rotatable bonds is 6. The average Bonchev–Trinajstić information content (AvgIpc) is 2.94. The fourth-order valence-corrected chi connectivity index (χ4v) is 5.83. The van der Waals surface area contributed by atoms with Crippen molar-refractivity contribution in [1.29, 1.82) is 0 Å². The Bertz CT molecular complexity index is 1090. The number of thioether (sulfide) groups is 1. The second-order valence-corrected chi connectivity index (χ2v) is 10.2. The fraction of sp³-hybridized carbons (Fsp3) is 0.385. The Balaban J connectivity index is 1.63. The highest BCUT2D eigenvalue weighted by atomic mass is 32.2. The minimum absolute atomic E-state index is 0.185. The van der Waals surface area contributed by atoms with Gasteiger partial charge in [0.25, 0.3) is 0 Å². The van der Waals surface area contributed by atoms with Crippen LogP contribution in [0, 0.1) is 0 Å². The Morgan fingerprint density at radius 1 is 1.09 bits per heavy atom. The zero-order valence-corrected chi connectivity index (χ0v) is 19.8. The van der Waals surface area contributed by atoms with Crippen LogP contribution in [0.4, 0.5) is 0 Å². The van der Waals surface area contributed by atoms with Crippen LogP contribution in [0.5, 0.6) is 0 Å². The van der Waals surface area contributed by atoms with Crippen LogP contribution in [-0.2, 0) is 32.0 Å². The molecule has 0 unspecified atom stereocenters. The highest BCUT2D eigenvalue weighted by molar-refractivity contribution is 8.14. The maximum Gasteiger partial charge on any atom is 0.326 e. The van der Waals surface area contributed by atoms with Gasteiger partial charge in [0.1, 0.15) is 12.1 Å². The van der Waals surface area contributed by atoms with E-state index in [-0.39, 0.29) is 23.5 Å². The van der Waals surface area contributed by atoms with E-state index in [1.165, 1.54) is 11.8 Å². The molecule has 178 valence electrons. The zero-order chi connectivity index (χ0) is 24.2. The number of carboxylic acids is 1. The number of amides is 2. The van der Waals surface area contributed by atoms with E-state index in [2.05, 4.69) is 5.32 Å². The number of carbonyl (C=O) groups excluding carboxylic acids is 3. The summed E-state index contributed by atoms with van der Waals surface area (Å²) in [6.45, 7) is 1.42. The molecule has 4 atom stereocenters.